The quantitative estimate of drug-likeness (QED) is 0.734. The molecule has 0 rings (SSSR count). The standard InChI is InChI=1S/C11H23NO3/c1-7-12(8(2)9(3)15-6)11(4,5)10(13)14/h8-9H,7H2,1-6H3,(H,13,14). The minimum absolute atomic E-state index is 0.0172. The molecule has 0 saturated carbocycles. The second kappa shape index (κ2) is 5.47. The van der Waals surface area contributed by atoms with Gasteiger partial charge in [-0.05, 0) is 34.2 Å². The van der Waals surface area contributed by atoms with Gasteiger partial charge in [0.25, 0.3) is 0 Å². The average molecular weight is 217 g/mol. The Morgan fingerprint density at radius 1 is 1.47 bits per heavy atom. The zero-order valence-corrected chi connectivity index (χ0v) is 10.6. The third kappa shape index (κ3) is 3.18. The molecule has 2 unspecified atom stereocenters. The lowest BCUT2D eigenvalue weighted by Crippen LogP contribution is -2.56. The molecule has 1 N–H and O–H groups in total. The smallest absolute Gasteiger partial charge is 0.323 e. The van der Waals surface area contributed by atoms with Gasteiger partial charge in [0.15, 0.2) is 0 Å². The van der Waals surface area contributed by atoms with Gasteiger partial charge >= 0.3 is 5.97 Å². The largest absolute Gasteiger partial charge is 0.480 e. The second-order valence-corrected chi connectivity index (χ2v) is 4.33. The number of rotatable bonds is 6. The van der Waals surface area contributed by atoms with Gasteiger partial charge < -0.3 is 9.84 Å². The Labute approximate surface area is 92.2 Å². The van der Waals surface area contributed by atoms with E-state index in [-0.39, 0.29) is 12.1 Å². The van der Waals surface area contributed by atoms with E-state index in [9.17, 15) is 4.79 Å². The number of carbonyl (C=O) groups is 1. The van der Waals surface area contributed by atoms with Crippen LogP contribution in [0.1, 0.15) is 34.6 Å². The van der Waals surface area contributed by atoms with E-state index in [1.807, 2.05) is 25.7 Å². The summed E-state index contributed by atoms with van der Waals surface area (Å²) in [7, 11) is 1.64. The predicted molar refractivity (Wildman–Crippen MR) is 60.0 cm³/mol. The number of carboxylic acids is 1. The van der Waals surface area contributed by atoms with E-state index in [1.165, 1.54) is 0 Å². The van der Waals surface area contributed by atoms with E-state index < -0.39 is 11.5 Å². The molecule has 15 heavy (non-hydrogen) atoms. The van der Waals surface area contributed by atoms with Crippen LogP contribution in [0.25, 0.3) is 0 Å². The molecule has 90 valence electrons. The molecule has 4 heteroatoms. The van der Waals surface area contributed by atoms with Gasteiger partial charge in [0.2, 0.25) is 0 Å². The summed E-state index contributed by atoms with van der Waals surface area (Å²) in [5.74, 6) is -0.806. The molecule has 0 aromatic carbocycles. The van der Waals surface area contributed by atoms with E-state index in [0.717, 1.165) is 0 Å². The van der Waals surface area contributed by atoms with Crippen molar-refractivity contribution in [3.8, 4) is 0 Å². The van der Waals surface area contributed by atoms with Crippen LogP contribution in [-0.4, -0.2) is 47.3 Å². The molecule has 0 saturated heterocycles. The fraction of sp³-hybridized carbons (Fsp3) is 0.909. The molecule has 2 atom stereocenters. The van der Waals surface area contributed by atoms with Crippen LogP contribution in [0, 0.1) is 0 Å². The van der Waals surface area contributed by atoms with Crippen molar-refractivity contribution >= 4 is 5.97 Å². The Balaban J connectivity index is 4.82. The van der Waals surface area contributed by atoms with Crippen LogP contribution in [0.4, 0.5) is 0 Å². The van der Waals surface area contributed by atoms with Crippen molar-refractivity contribution in [1.29, 1.82) is 0 Å². The minimum Gasteiger partial charge on any atom is -0.480 e. The summed E-state index contributed by atoms with van der Waals surface area (Å²) in [6.45, 7) is 10.0. The van der Waals surface area contributed by atoms with Gasteiger partial charge in [-0.25, -0.2) is 0 Å². The SMILES string of the molecule is CCN(C(C)C(C)OC)C(C)(C)C(=O)O. The fourth-order valence-corrected chi connectivity index (χ4v) is 1.77. The molecule has 0 aromatic rings. The number of hydrogen-bond donors (Lipinski definition) is 1. The summed E-state index contributed by atoms with van der Waals surface area (Å²) in [5, 5.41) is 9.16. The minimum atomic E-state index is -0.860. The van der Waals surface area contributed by atoms with Gasteiger partial charge in [-0.15, -0.1) is 0 Å². The number of nitrogens with zero attached hydrogens (tertiary/aromatic N) is 1. The molecular formula is C11H23NO3. The maximum atomic E-state index is 11.2. The van der Waals surface area contributed by atoms with E-state index in [0.29, 0.717) is 6.54 Å². The lowest BCUT2D eigenvalue weighted by atomic mass is 9.99. The Hall–Kier alpha value is -0.610. The summed E-state index contributed by atoms with van der Waals surface area (Å²) in [4.78, 5) is 13.1. The summed E-state index contributed by atoms with van der Waals surface area (Å²) < 4.78 is 5.24. The molecule has 0 radical (unpaired) electrons. The molecule has 0 amide bonds. The first-order valence-electron chi connectivity index (χ1n) is 5.31. The summed E-state index contributed by atoms with van der Waals surface area (Å²) >= 11 is 0. The number of methoxy groups -OCH3 is 1. The van der Waals surface area contributed by atoms with Gasteiger partial charge in [-0.3, -0.25) is 9.69 Å². The van der Waals surface area contributed by atoms with E-state index in [4.69, 9.17) is 9.84 Å². The van der Waals surface area contributed by atoms with E-state index >= 15 is 0 Å². The molecule has 0 aliphatic heterocycles. The van der Waals surface area contributed by atoms with E-state index in [1.54, 1.807) is 21.0 Å². The fourth-order valence-electron chi connectivity index (χ4n) is 1.77. The normalized spacial score (nSPS) is 16.5. The monoisotopic (exact) mass is 217 g/mol. The Morgan fingerprint density at radius 3 is 2.20 bits per heavy atom. The topological polar surface area (TPSA) is 49.8 Å². The van der Waals surface area contributed by atoms with Crippen LogP contribution in [-0.2, 0) is 9.53 Å². The van der Waals surface area contributed by atoms with Gasteiger partial charge in [0, 0.05) is 13.2 Å². The maximum absolute atomic E-state index is 11.2. The van der Waals surface area contributed by atoms with Crippen LogP contribution in [0.5, 0.6) is 0 Å². The Morgan fingerprint density at radius 2 is 1.93 bits per heavy atom. The average Bonchev–Trinajstić information content (AvgIpc) is 2.16. The van der Waals surface area contributed by atoms with Gasteiger partial charge in [-0.1, -0.05) is 6.92 Å². The van der Waals surface area contributed by atoms with Crippen molar-refractivity contribution in [1.82, 2.24) is 4.90 Å². The van der Waals surface area contributed by atoms with Crippen molar-refractivity contribution in [3.63, 3.8) is 0 Å². The highest BCUT2D eigenvalue weighted by Gasteiger charge is 2.37. The first kappa shape index (κ1) is 14.4. The number of ether oxygens (including phenoxy) is 1. The summed E-state index contributed by atoms with van der Waals surface area (Å²) in [6.07, 6.45) is 0.0172. The van der Waals surface area contributed by atoms with Crippen molar-refractivity contribution in [2.75, 3.05) is 13.7 Å². The lowest BCUT2D eigenvalue weighted by molar-refractivity contribution is -0.152. The Kier molecular flexibility index (Phi) is 5.24. The molecule has 0 bridgehead atoms. The number of hydrogen-bond acceptors (Lipinski definition) is 3. The molecule has 4 nitrogen and oxygen atoms in total. The van der Waals surface area contributed by atoms with Crippen LogP contribution in [0.2, 0.25) is 0 Å². The van der Waals surface area contributed by atoms with Crippen molar-refractivity contribution in [2.24, 2.45) is 0 Å². The van der Waals surface area contributed by atoms with E-state index in [2.05, 4.69) is 0 Å². The Bertz CT molecular complexity index is 216. The molecular weight excluding hydrogens is 194 g/mol. The molecule has 0 fully saturated rings. The van der Waals surface area contributed by atoms with Crippen LogP contribution in [0.3, 0.4) is 0 Å². The predicted octanol–water partition coefficient (Wildman–Crippen LogP) is 1.59. The number of aliphatic carboxylic acids is 1. The number of likely N-dealkylation sites (N-methyl/N-ethyl adjacent to an activating group) is 1. The first-order chi connectivity index (χ1) is 6.78. The van der Waals surface area contributed by atoms with Crippen LogP contribution in [0.15, 0.2) is 0 Å². The van der Waals surface area contributed by atoms with Gasteiger partial charge in [0.1, 0.15) is 5.54 Å². The summed E-state index contributed by atoms with van der Waals surface area (Å²) in [5.41, 5.74) is -0.860. The van der Waals surface area contributed by atoms with Crippen molar-refractivity contribution in [2.45, 2.75) is 52.3 Å². The molecule has 0 aliphatic carbocycles. The number of carboxylic acid groups (broad SMARTS) is 1. The molecule has 0 aliphatic rings. The van der Waals surface area contributed by atoms with Crippen LogP contribution < -0.4 is 0 Å². The summed E-state index contributed by atoms with van der Waals surface area (Å²) in [6, 6.07) is 0.0751. The highest BCUT2D eigenvalue weighted by molar-refractivity contribution is 5.77. The maximum Gasteiger partial charge on any atom is 0.323 e. The molecule has 0 heterocycles. The third-order valence-corrected chi connectivity index (χ3v) is 3.12. The highest BCUT2D eigenvalue weighted by Crippen LogP contribution is 2.20. The zero-order chi connectivity index (χ0) is 12.2. The molecule has 0 aromatic heterocycles. The van der Waals surface area contributed by atoms with Crippen molar-refractivity contribution in [3.05, 3.63) is 0 Å². The lowest BCUT2D eigenvalue weighted by Gasteiger charge is -2.40. The van der Waals surface area contributed by atoms with Gasteiger partial charge in [0.05, 0.1) is 6.10 Å². The van der Waals surface area contributed by atoms with Gasteiger partial charge in [-0.2, -0.15) is 0 Å². The molecule has 0 spiro atoms. The zero-order valence-electron chi connectivity index (χ0n) is 10.6. The second-order valence-electron chi connectivity index (χ2n) is 4.33. The first-order valence-corrected chi connectivity index (χ1v) is 5.31. The third-order valence-electron chi connectivity index (χ3n) is 3.12. The highest BCUT2D eigenvalue weighted by atomic mass is 16.5. The van der Waals surface area contributed by atoms with Crippen LogP contribution >= 0.6 is 0 Å². The van der Waals surface area contributed by atoms with Crippen molar-refractivity contribution < 1.29 is 14.6 Å².